The number of carbonyl (C=O) groups excluding carboxylic acids is 1. The van der Waals surface area contributed by atoms with E-state index in [1.807, 2.05) is 43.3 Å². The van der Waals surface area contributed by atoms with Crippen LogP contribution < -0.4 is 24.3 Å². The minimum atomic E-state index is -0.472. The molecule has 2 atom stereocenters. The molecule has 1 aliphatic carbocycles. The maximum atomic E-state index is 13.7. The summed E-state index contributed by atoms with van der Waals surface area (Å²) in [5.41, 5.74) is 3.44. The van der Waals surface area contributed by atoms with E-state index in [9.17, 15) is 4.79 Å². The average molecular weight is 477 g/mol. The second-order valence-electron chi connectivity index (χ2n) is 8.61. The van der Waals surface area contributed by atoms with Crippen molar-refractivity contribution in [3.05, 3.63) is 64.6 Å². The van der Waals surface area contributed by atoms with E-state index in [4.69, 9.17) is 18.9 Å². The van der Waals surface area contributed by atoms with Crippen LogP contribution in [-0.2, 0) is 4.79 Å². The predicted molar refractivity (Wildman–Crippen MR) is 130 cm³/mol. The van der Waals surface area contributed by atoms with Crippen molar-refractivity contribution < 1.29 is 23.7 Å². The molecule has 0 saturated heterocycles. The Bertz CT molecular complexity index is 1290. The molecule has 0 spiro atoms. The molecule has 0 bridgehead atoms. The summed E-state index contributed by atoms with van der Waals surface area (Å²) in [7, 11) is 6.35. The number of fused-ring (bicyclic) bond motifs is 1. The smallest absolute Gasteiger partial charge is 0.226 e. The molecule has 0 fully saturated rings. The Morgan fingerprint density at radius 3 is 2.20 bits per heavy atom. The van der Waals surface area contributed by atoms with Gasteiger partial charge in [-0.1, -0.05) is 12.1 Å². The van der Waals surface area contributed by atoms with E-state index in [1.165, 1.54) is 0 Å². The van der Waals surface area contributed by atoms with Crippen molar-refractivity contribution in [3.8, 4) is 23.0 Å². The van der Waals surface area contributed by atoms with Crippen molar-refractivity contribution in [2.24, 2.45) is 0 Å². The van der Waals surface area contributed by atoms with Gasteiger partial charge in [-0.2, -0.15) is 10.1 Å². The first kappa shape index (κ1) is 22.8. The summed E-state index contributed by atoms with van der Waals surface area (Å²) < 4.78 is 23.7. The highest BCUT2D eigenvalue weighted by Gasteiger charge is 2.40. The zero-order chi connectivity index (χ0) is 24.7. The minimum Gasteiger partial charge on any atom is -0.497 e. The first-order valence-electron chi connectivity index (χ1n) is 11.4. The van der Waals surface area contributed by atoms with Gasteiger partial charge in [-0.25, -0.2) is 4.68 Å². The molecule has 1 N–H and O–H groups in total. The minimum absolute atomic E-state index is 0.0517. The number of benzene rings is 2. The van der Waals surface area contributed by atoms with Crippen LogP contribution in [0, 0.1) is 6.92 Å². The fraction of sp³-hybridized carbons (Fsp3) is 0.346. The van der Waals surface area contributed by atoms with E-state index < -0.39 is 6.04 Å². The lowest BCUT2D eigenvalue weighted by atomic mass is 9.78. The van der Waals surface area contributed by atoms with E-state index in [0.29, 0.717) is 47.4 Å². The van der Waals surface area contributed by atoms with Gasteiger partial charge in [-0.3, -0.25) is 4.79 Å². The lowest BCUT2D eigenvalue weighted by Gasteiger charge is -2.35. The molecule has 9 nitrogen and oxygen atoms in total. The quantitative estimate of drug-likeness (QED) is 0.570. The molecule has 5 rings (SSSR count). The van der Waals surface area contributed by atoms with Crippen LogP contribution in [0.3, 0.4) is 0 Å². The number of rotatable bonds is 6. The van der Waals surface area contributed by atoms with E-state index in [-0.39, 0.29) is 11.7 Å². The van der Waals surface area contributed by atoms with Gasteiger partial charge in [0.15, 0.2) is 17.3 Å². The number of carbonyl (C=O) groups is 1. The Hall–Kier alpha value is -4.01. The number of allylic oxidation sites excluding steroid dienone is 2. The number of hydrogen-bond acceptors (Lipinski definition) is 8. The van der Waals surface area contributed by atoms with E-state index in [2.05, 4.69) is 15.4 Å². The highest BCUT2D eigenvalue weighted by atomic mass is 16.5. The van der Waals surface area contributed by atoms with Crippen LogP contribution in [0.2, 0.25) is 0 Å². The third-order valence-corrected chi connectivity index (χ3v) is 6.62. The molecule has 0 unspecified atom stereocenters. The van der Waals surface area contributed by atoms with Gasteiger partial charge in [0, 0.05) is 17.7 Å². The summed E-state index contributed by atoms with van der Waals surface area (Å²) in [6, 6.07) is 11.2. The van der Waals surface area contributed by atoms with Gasteiger partial charge in [0.1, 0.15) is 17.6 Å². The Morgan fingerprint density at radius 1 is 0.914 bits per heavy atom. The molecule has 0 saturated carbocycles. The van der Waals surface area contributed by atoms with E-state index in [1.54, 1.807) is 33.1 Å². The molecule has 3 aromatic rings. The van der Waals surface area contributed by atoms with Gasteiger partial charge in [0.2, 0.25) is 11.7 Å². The summed E-state index contributed by atoms with van der Waals surface area (Å²) in [5, 5.41) is 8.00. The third-order valence-electron chi connectivity index (χ3n) is 6.62. The first-order chi connectivity index (χ1) is 17.0. The van der Waals surface area contributed by atoms with Crippen LogP contribution in [0.5, 0.6) is 23.0 Å². The van der Waals surface area contributed by atoms with Crippen molar-refractivity contribution in [2.45, 2.75) is 31.7 Å². The maximum absolute atomic E-state index is 13.7. The number of ether oxygens (including phenoxy) is 4. The number of methoxy groups -OCH3 is 4. The summed E-state index contributed by atoms with van der Waals surface area (Å²) in [6.07, 6.45) is 1.08. The van der Waals surface area contributed by atoms with Crippen LogP contribution in [0.25, 0.3) is 0 Å². The molecular weight excluding hydrogens is 448 g/mol. The Balaban J connectivity index is 1.62. The Morgan fingerprint density at radius 2 is 1.60 bits per heavy atom. The Labute approximate surface area is 203 Å². The summed E-state index contributed by atoms with van der Waals surface area (Å²) in [6.45, 7) is 1.83. The van der Waals surface area contributed by atoms with Crippen molar-refractivity contribution in [1.29, 1.82) is 0 Å². The van der Waals surface area contributed by atoms with Crippen molar-refractivity contribution in [1.82, 2.24) is 14.8 Å². The monoisotopic (exact) mass is 476 g/mol. The first-order valence-corrected chi connectivity index (χ1v) is 11.4. The van der Waals surface area contributed by atoms with E-state index in [0.717, 1.165) is 22.6 Å². The SMILES string of the molecule is COc1ccc([C@@H]2CC(=O)C3=C(C2)Nc2nc(C)nn2[C@H]3c2cc(OC)c(OC)c(OC)c2)cc1. The summed E-state index contributed by atoms with van der Waals surface area (Å²) in [5.74, 6) is 3.64. The zero-order valence-corrected chi connectivity index (χ0v) is 20.4. The lowest BCUT2D eigenvalue weighted by Crippen LogP contribution is -2.33. The van der Waals surface area contributed by atoms with Gasteiger partial charge in [0.05, 0.1) is 28.4 Å². The van der Waals surface area contributed by atoms with Crippen LogP contribution >= 0.6 is 0 Å². The second kappa shape index (κ2) is 8.98. The molecule has 0 radical (unpaired) electrons. The molecule has 1 aromatic heterocycles. The standard InChI is InChI=1S/C26H28N4O5/c1-14-27-26-28-19-10-16(15-6-8-18(32-2)9-7-15)11-20(31)23(19)24(30(26)29-14)17-12-21(33-3)25(35-5)22(13-17)34-4/h6-9,12-13,16,24H,10-11H2,1-5H3,(H,27,28,29)/t16-,24-/m0/s1. The van der Waals surface area contributed by atoms with Crippen LogP contribution in [0.4, 0.5) is 5.95 Å². The molecule has 0 amide bonds. The van der Waals surface area contributed by atoms with Crippen LogP contribution in [0.15, 0.2) is 47.7 Å². The van der Waals surface area contributed by atoms with Gasteiger partial charge < -0.3 is 24.3 Å². The number of aromatic nitrogens is 3. The van der Waals surface area contributed by atoms with Crippen molar-refractivity contribution in [2.75, 3.05) is 33.8 Å². The maximum Gasteiger partial charge on any atom is 0.226 e. The number of ketones is 1. The number of aryl methyl sites for hydroxylation is 1. The fourth-order valence-electron chi connectivity index (χ4n) is 5.00. The number of nitrogens with zero attached hydrogens (tertiary/aromatic N) is 3. The van der Waals surface area contributed by atoms with Crippen molar-refractivity contribution >= 4 is 11.7 Å². The second-order valence-corrected chi connectivity index (χ2v) is 8.61. The highest BCUT2D eigenvalue weighted by molar-refractivity contribution is 6.00. The van der Waals surface area contributed by atoms with Gasteiger partial charge >= 0.3 is 0 Å². The predicted octanol–water partition coefficient (Wildman–Crippen LogP) is 4.04. The number of nitrogens with one attached hydrogen (secondary N) is 1. The lowest BCUT2D eigenvalue weighted by molar-refractivity contribution is -0.116. The van der Waals surface area contributed by atoms with Crippen LogP contribution in [-0.4, -0.2) is 49.0 Å². The molecule has 2 heterocycles. The summed E-state index contributed by atoms with van der Waals surface area (Å²) in [4.78, 5) is 18.3. The largest absolute Gasteiger partial charge is 0.497 e. The molecule has 1 aliphatic heterocycles. The fourth-order valence-corrected chi connectivity index (χ4v) is 5.00. The molecule has 182 valence electrons. The Kier molecular flexibility index (Phi) is 5.84. The zero-order valence-electron chi connectivity index (χ0n) is 20.4. The highest BCUT2D eigenvalue weighted by Crippen LogP contribution is 2.47. The third kappa shape index (κ3) is 3.86. The van der Waals surface area contributed by atoms with Crippen molar-refractivity contribution in [3.63, 3.8) is 0 Å². The van der Waals surface area contributed by atoms with Crippen LogP contribution in [0.1, 0.15) is 41.8 Å². The van der Waals surface area contributed by atoms with Gasteiger partial charge in [-0.15, -0.1) is 0 Å². The molecular formula is C26H28N4O5. The average Bonchev–Trinajstić information content (AvgIpc) is 3.25. The number of anilines is 1. The van der Waals surface area contributed by atoms with Gasteiger partial charge in [-0.05, 0) is 54.7 Å². The molecule has 2 aliphatic rings. The normalized spacial score (nSPS) is 18.9. The molecule has 9 heteroatoms. The molecule has 2 aromatic carbocycles. The van der Waals surface area contributed by atoms with E-state index >= 15 is 0 Å². The summed E-state index contributed by atoms with van der Waals surface area (Å²) >= 11 is 0. The number of Topliss-reactive ketones (excluding diaryl/α,β-unsaturated/α-hetero) is 1. The topological polar surface area (TPSA) is 96.7 Å². The number of hydrogen-bond donors (Lipinski definition) is 1. The molecule has 35 heavy (non-hydrogen) atoms. The van der Waals surface area contributed by atoms with Gasteiger partial charge in [0.25, 0.3) is 0 Å².